The van der Waals surface area contributed by atoms with Gasteiger partial charge < -0.3 is 10.1 Å². The summed E-state index contributed by atoms with van der Waals surface area (Å²) in [6.07, 6.45) is -0.258. The summed E-state index contributed by atoms with van der Waals surface area (Å²) in [5.41, 5.74) is 0.863. The average molecular weight is 405 g/mol. The molecular formula is C20H21ClN2O5. The first-order valence-electron chi connectivity index (χ1n) is 8.79. The minimum atomic E-state index is -1.16. The number of carbonyl (C=O) groups excluding carboxylic acids is 2. The van der Waals surface area contributed by atoms with E-state index >= 15 is 0 Å². The van der Waals surface area contributed by atoms with E-state index in [1.807, 2.05) is 26.0 Å². The van der Waals surface area contributed by atoms with Crippen molar-refractivity contribution in [3.63, 3.8) is 0 Å². The van der Waals surface area contributed by atoms with E-state index in [-0.39, 0.29) is 16.5 Å². The Kier molecular flexibility index (Phi) is 7.12. The predicted octanol–water partition coefficient (Wildman–Crippen LogP) is 4.95. The number of benzene rings is 2. The zero-order valence-corrected chi connectivity index (χ0v) is 16.5. The molecule has 1 N–H and O–H groups in total. The number of esters is 1. The maximum Gasteiger partial charge on any atom is 0.345 e. The Labute approximate surface area is 167 Å². The molecular weight excluding hydrogens is 384 g/mol. The molecule has 0 bridgehead atoms. The predicted molar refractivity (Wildman–Crippen MR) is 107 cm³/mol. The largest absolute Gasteiger partial charge is 0.449 e. The van der Waals surface area contributed by atoms with E-state index in [9.17, 15) is 19.7 Å². The van der Waals surface area contributed by atoms with Crippen LogP contribution >= 0.6 is 11.6 Å². The lowest BCUT2D eigenvalue weighted by Gasteiger charge is -2.18. The van der Waals surface area contributed by atoms with Crippen LogP contribution in [0.4, 0.5) is 11.4 Å². The molecule has 0 aliphatic rings. The Bertz CT molecular complexity index is 900. The Morgan fingerprint density at radius 1 is 1.21 bits per heavy atom. The van der Waals surface area contributed by atoms with E-state index in [4.69, 9.17) is 16.3 Å². The number of anilines is 1. The monoisotopic (exact) mass is 404 g/mol. The number of hydrogen-bond donors (Lipinski definition) is 1. The minimum absolute atomic E-state index is 0.150. The fourth-order valence-corrected chi connectivity index (χ4v) is 2.78. The molecule has 8 heteroatoms. The number of halogens is 1. The first-order valence-corrected chi connectivity index (χ1v) is 9.17. The van der Waals surface area contributed by atoms with E-state index in [0.29, 0.717) is 5.69 Å². The van der Waals surface area contributed by atoms with Crippen molar-refractivity contribution in [1.29, 1.82) is 0 Å². The summed E-state index contributed by atoms with van der Waals surface area (Å²) in [6.45, 7) is 5.49. The van der Waals surface area contributed by atoms with Crippen molar-refractivity contribution < 1.29 is 19.2 Å². The van der Waals surface area contributed by atoms with Crippen molar-refractivity contribution in [1.82, 2.24) is 0 Å². The molecule has 0 saturated carbocycles. The van der Waals surface area contributed by atoms with Crippen molar-refractivity contribution >= 4 is 34.9 Å². The van der Waals surface area contributed by atoms with Crippen LogP contribution in [0.15, 0.2) is 42.5 Å². The fraction of sp³-hybridized carbons (Fsp3) is 0.300. The molecule has 1 amide bonds. The van der Waals surface area contributed by atoms with Crippen molar-refractivity contribution in [3.8, 4) is 0 Å². The number of nitrogens with zero attached hydrogens (tertiary/aromatic N) is 1. The third-order valence-electron chi connectivity index (χ3n) is 4.39. The molecule has 2 rings (SSSR count). The third-order valence-corrected chi connectivity index (χ3v) is 4.63. The Hall–Kier alpha value is -2.93. The van der Waals surface area contributed by atoms with Gasteiger partial charge in [0.2, 0.25) is 0 Å². The van der Waals surface area contributed by atoms with Gasteiger partial charge in [-0.05, 0) is 43.0 Å². The molecule has 148 valence electrons. The first-order chi connectivity index (χ1) is 13.2. The van der Waals surface area contributed by atoms with Gasteiger partial charge >= 0.3 is 5.97 Å². The average Bonchev–Trinajstić information content (AvgIpc) is 2.67. The number of nitro benzene ring substituents is 1. The maximum absolute atomic E-state index is 12.5. The molecule has 0 fully saturated rings. The quantitative estimate of drug-likeness (QED) is 0.400. The number of amides is 1. The van der Waals surface area contributed by atoms with E-state index in [0.717, 1.165) is 24.1 Å². The van der Waals surface area contributed by atoms with E-state index < -0.39 is 28.6 Å². The van der Waals surface area contributed by atoms with Crippen molar-refractivity contribution in [3.05, 3.63) is 68.7 Å². The van der Waals surface area contributed by atoms with Crippen LogP contribution in [0.5, 0.6) is 0 Å². The Morgan fingerprint density at radius 2 is 1.89 bits per heavy atom. The van der Waals surface area contributed by atoms with Gasteiger partial charge in [-0.3, -0.25) is 14.9 Å². The van der Waals surface area contributed by atoms with Gasteiger partial charge in [0, 0.05) is 16.8 Å². The van der Waals surface area contributed by atoms with Gasteiger partial charge in [0.05, 0.1) is 4.92 Å². The molecule has 2 atom stereocenters. The van der Waals surface area contributed by atoms with Crippen LogP contribution in [0.2, 0.25) is 5.02 Å². The summed E-state index contributed by atoms with van der Waals surface area (Å²) in [5, 5.41) is 14.0. The SMILES string of the molecule is CC[C@H](C)c1ccccc1NC(=O)[C@H](C)OC(=O)c1cc(Cl)ccc1[N+](=O)[O-]. The van der Waals surface area contributed by atoms with Crippen molar-refractivity contribution in [2.75, 3.05) is 5.32 Å². The second-order valence-electron chi connectivity index (χ2n) is 6.35. The summed E-state index contributed by atoms with van der Waals surface area (Å²) in [6, 6.07) is 11.0. The van der Waals surface area contributed by atoms with Gasteiger partial charge in [0.25, 0.3) is 11.6 Å². The van der Waals surface area contributed by atoms with E-state index in [1.165, 1.54) is 13.0 Å². The summed E-state index contributed by atoms with van der Waals surface area (Å²) in [7, 11) is 0. The second-order valence-corrected chi connectivity index (χ2v) is 6.79. The van der Waals surface area contributed by atoms with Crippen LogP contribution in [0.3, 0.4) is 0 Å². The van der Waals surface area contributed by atoms with E-state index in [2.05, 4.69) is 5.32 Å². The van der Waals surface area contributed by atoms with Crippen LogP contribution in [0.1, 0.15) is 49.0 Å². The summed E-state index contributed by atoms with van der Waals surface area (Å²) < 4.78 is 5.13. The lowest BCUT2D eigenvalue weighted by molar-refractivity contribution is -0.385. The van der Waals surface area contributed by atoms with Gasteiger partial charge in [-0.1, -0.05) is 43.6 Å². The number of hydrogen-bond acceptors (Lipinski definition) is 5. The van der Waals surface area contributed by atoms with E-state index in [1.54, 1.807) is 12.1 Å². The van der Waals surface area contributed by atoms with Crippen LogP contribution < -0.4 is 5.32 Å². The van der Waals surface area contributed by atoms with Crippen LogP contribution in [-0.2, 0) is 9.53 Å². The summed E-state index contributed by atoms with van der Waals surface area (Å²) in [4.78, 5) is 35.2. The molecule has 0 aliphatic carbocycles. The van der Waals surface area contributed by atoms with Crippen molar-refractivity contribution in [2.24, 2.45) is 0 Å². The molecule has 0 aliphatic heterocycles. The lowest BCUT2D eigenvalue weighted by atomic mass is 9.97. The van der Waals surface area contributed by atoms with Crippen LogP contribution in [-0.4, -0.2) is 22.9 Å². The topological polar surface area (TPSA) is 98.5 Å². The molecule has 0 spiro atoms. The molecule has 7 nitrogen and oxygen atoms in total. The van der Waals surface area contributed by atoms with Crippen LogP contribution in [0, 0.1) is 10.1 Å². The van der Waals surface area contributed by atoms with Gasteiger partial charge in [-0.15, -0.1) is 0 Å². The zero-order valence-electron chi connectivity index (χ0n) is 15.8. The highest BCUT2D eigenvalue weighted by Gasteiger charge is 2.26. The Balaban J connectivity index is 2.15. The molecule has 0 saturated heterocycles. The Morgan fingerprint density at radius 3 is 2.54 bits per heavy atom. The highest BCUT2D eigenvalue weighted by atomic mass is 35.5. The summed E-state index contributed by atoms with van der Waals surface area (Å²) in [5.74, 6) is -1.29. The minimum Gasteiger partial charge on any atom is -0.449 e. The van der Waals surface area contributed by atoms with Gasteiger partial charge in [-0.2, -0.15) is 0 Å². The first kappa shape index (κ1) is 21.4. The normalized spacial score (nSPS) is 12.7. The number of rotatable bonds is 7. The molecule has 2 aromatic rings. The number of nitrogens with one attached hydrogen (secondary N) is 1. The van der Waals surface area contributed by atoms with Gasteiger partial charge in [0.15, 0.2) is 6.10 Å². The highest BCUT2D eigenvalue weighted by molar-refractivity contribution is 6.31. The van der Waals surface area contributed by atoms with Crippen molar-refractivity contribution in [2.45, 2.75) is 39.2 Å². The third kappa shape index (κ3) is 5.07. The number of para-hydroxylation sites is 1. The highest BCUT2D eigenvalue weighted by Crippen LogP contribution is 2.27. The maximum atomic E-state index is 12.5. The molecule has 28 heavy (non-hydrogen) atoms. The molecule has 0 aromatic heterocycles. The van der Waals surface area contributed by atoms with Gasteiger partial charge in [0.1, 0.15) is 5.56 Å². The molecule has 2 aromatic carbocycles. The fourth-order valence-electron chi connectivity index (χ4n) is 2.60. The van der Waals surface area contributed by atoms with Gasteiger partial charge in [-0.25, -0.2) is 4.79 Å². The molecule has 0 radical (unpaired) electrons. The molecule has 0 unspecified atom stereocenters. The van der Waals surface area contributed by atoms with Crippen LogP contribution in [0.25, 0.3) is 0 Å². The molecule has 0 heterocycles. The number of nitro groups is 1. The number of ether oxygens (including phenoxy) is 1. The second kappa shape index (κ2) is 9.32. The summed E-state index contributed by atoms with van der Waals surface area (Å²) >= 11 is 5.82. The standard InChI is InChI=1S/C20H21ClN2O5/c1-4-12(2)15-7-5-6-8-17(15)22-19(24)13(3)28-20(25)16-11-14(21)9-10-18(16)23(26)27/h5-13H,4H2,1-3H3,(H,22,24)/t12-,13-/m0/s1. The number of carbonyl (C=O) groups is 2. The zero-order chi connectivity index (χ0) is 20.8. The lowest BCUT2D eigenvalue weighted by Crippen LogP contribution is -2.30. The smallest absolute Gasteiger partial charge is 0.345 e.